The Morgan fingerprint density at radius 2 is 2.17 bits per heavy atom. The lowest BCUT2D eigenvalue weighted by molar-refractivity contribution is -0.119. The van der Waals surface area contributed by atoms with Gasteiger partial charge in [-0.15, -0.1) is 0 Å². The molecular formula is C16H22ClN3O3. The van der Waals surface area contributed by atoms with Crippen LogP contribution in [0.1, 0.15) is 29.6 Å². The predicted octanol–water partition coefficient (Wildman–Crippen LogP) is 1.78. The molecule has 0 aliphatic heterocycles. The molecule has 2 rings (SSSR count). The molecule has 1 fully saturated rings. The third-order valence-electron chi connectivity index (χ3n) is 3.92. The molecule has 0 radical (unpaired) electrons. The average Bonchev–Trinajstić information content (AvgIpc) is 2.94. The van der Waals surface area contributed by atoms with Crippen molar-refractivity contribution in [1.82, 2.24) is 5.32 Å². The number of carbonyl (C=O) groups excluding carboxylic acids is 2. The van der Waals surface area contributed by atoms with E-state index in [4.69, 9.17) is 22.1 Å². The largest absolute Gasteiger partial charge is 0.383 e. The molecule has 126 valence electrons. The number of nitrogens with one attached hydrogen (secondary N) is 2. The Morgan fingerprint density at radius 3 is 2.78 bits per heavy atom. The number of rotatable bonds is 6. The predicted molar refractivity (Wildman–Crippen MR) is 89.6 cm³/mol. The summed E-state index contributed by atoms with van der Waals surface area (Å²) in [5.74, 6) is -0.376. The fourth-order valence-corrected chi connectivity index (χ4v) is 2.90. The van der Waals surface area contributed by atoms with E-state index in [2.05, 4.69) is 10.6 Å². The van der Waals surface area contributed by atoms with Crippen LogP contribution in [0.25, 0.3) is 0 Å². The van der Waals surface area contributed by atoms with E-state index in [0.717, 1.165) is 12.8 Å². The third kappa shape index (κ3) is 4.92. The van der Waals surface area contributed by atoms with Crippen LogP contribution in [-0.2, 0) is 9.53 Å². The van der Waals surface area contributed by atoms with E-state index in [0.29, 0.717) is 35.8 Å². The first kappa shape index (κ1) is 17.7. The molecule has 1 aliphatic carbocycles. The summed E-state index contributed by atoms with van der Waals surface area (Å²) in [6.07, 6.45) is 2.39. The molecule has 0 spiro atoms. The maximum Gasteiger partial charge on any atom is 0.252 e. The fraction of sp³-hybridized carbons (Fsp3) is 0.500. The van der Waals surface area contributed by atoms with Gasteiger partial charge in [-0.1, -0.05) is 11.6 Å². The van der Waals surface area contributed by atoms with Crippen molar-refractivity contribution in [2.45, 2.75) is 25.3 Å². The SMILES string of the molecule is COCCNC(=O)c1ccc(NC(=O)C2CCC(N)C2)cc1Cl. The minimum Gasteiger partial charge on any atom is -0.383 e. The molecule has 7 heteroatoms. The second kappa shape index (κ2) is 8.29. The topological polar surface area (TPSA) is 93.5 Å². The molecule has 1 saturated carbocycles. The molecule has 2 unspecified atom stereocenters. The van der Waals surface area contributed by atoms with Crippen LogP contribution in [0, 0.1) is 5.92 Å². The van der Waals surface area contributed by atoms with Gasteiger partial charge < -0.3 is 21.1 Å². The summed E-state index contributed by atoms with van der Waals surface area (Å²) < 4.78 is 4.87. The highest BCUT2D eigenvalue weighted by Gasteiger charge is 2.27. The molecule has 0 aromatic heterocycles. The molecule has 0 saturated heterocycles. The van der Waals surface area contributed by atoms with Crippen molar-refractivity contribution in [3.05, 3.63) is 28.8 Å². The first-order valence-corrected chi connectivity index (χ1v) is 8.02. The molecule has 4 N–H and O–H groups in total. The number of amides is 2. The van der Waals surface area contributed by atoms with Gasteiger partial charge in [0.25, 0.3) is 5.91 Å². The zero-order chi connectivity index (χ0) is 16.8. The van der Waals surface area contributed by atoms with Gasteiger partial charge in [0.05, 0.1) is 17.2 Å². The summed E-state index contributed by atoms with van der Waals surface area (Å²) in [5.41, 5.74) is 6.77. The van der Waals surface area contributed by atoms with Crippen LogP contribution in [0.4, 0.5) is 5.69 Å². The van der Waals surface area contributed by atoms with Gasteiger partial charge in [-0.05, 0) is 37.5 Å². The van der Waals surface area contributed by atoms with Crippen LogP contribution < -0.4 is 16.4 Å². The summed E-state index contributed by atoms with van der Waals surface area (Å²) in [6, 6.07) is 4.96. The second-order valence-corrected chi connectivity index (χ2v) is 6.11. The molecular weight excluding hydrogens is 318 g/mol. The number of benzene rings is 1. The Morgan fingerprint density at radius 1 is 1.39 bits per heavy atom. The van der Waals surface area contributed by atoms with Gasteiger partial charge >= 0.3 is 0 Å². The molecule has 1 aliphatic rings. The molecule has 1 aromatic rings. The maximum absolute atomic E-state index is 12.2. The highest BCUT2D eigenvalue weighted by atomic mass is 35.5. The van der Waals surface area contributed by atoms with Crippen molar-refractivity contribution in [1.29, 1.82) is 0 Å². The minimum absolute atomic E-state index is 0.0497. The second-order valence-electron chi connectivity index (χ2n) is 5.70. The maximum atomic E-state index is 12.2. The first-order chi connectivity index (χ1) is 11.0. The van der Waals surface area contributed by atoms with Crippen molar-refractivity contribution >= 4 is 29.1 Å². The van der Waals surface area contributed by atoms with E-state index >= 15 is 0 Å². The van der Waals surface area contributed by atoms with E-state index in [1.165, 1.54) is 0 Å². The Hall–Kier alpha value is -1.63. The van der Waals surface area contributed by atoms with Gasteiger partial charge in [-0.25, -0.2) is 0 Å². The number of methoxy groups -OCH3 is 1. The van der Waals surface area contributed by atoms with Gasteiger partial charge in [0, 0.05) is 31.3 Å². The molecule has 23 heavy (non-hydrogen) atoms. The smallest absolute Gasteiger partial charge is 0.252 e. The van der Waals surface area contributed by atoms with E-state index < -0.39 is 0 Å². The summed E-state index contributed by atoms with van der Waals surface area (Å²) in [6.45, 7) is 0.840. The number of hydrogen-bond acceptors (Lipinski definition) is 4. The van der Waals surface area contributed by atoms with Crippen molar-refractivity contribution in [3.63, 3.8) is 0 Å². The number of anilines is 1. The number of ether oxygens (including phenoxy) is 1. The Kier molecular flexibility index (Phi) is 6.38. The van der Waals surface area contributed by atoms with Crippen molar-refractivity contribution < 1.29 is 14.3 Å². The van der Waals surface area contributed by atoms with E-state index in [1.807, 2.05) is 0 Å². The van der Waals surface area contributed by atoms with Crippen LogP contribution in [-0.4, -0.2) is 38.1 Å². The van der Waals surface area contributed by atoms with Crippen molar-refractivity contribution in [3.8, 4) is 0 Å². The third-order valence-corrected chi connectivity index (χ3v) is 4.23. The summed E-state index contributed by atoms with van der Waals surface area (Å²) in [4.78, 5) is 24.1. The van der Waals surface area contributed by atoms with E-state index in [1.54, 1.807) is 25.3 Å². The van der Waals surface area contributed by atoms with Gasteiger partial charge in [-0.2, -0.15) is 0 Å². The number of carbonyl (C=O) groups is 2. The van der Waals surface area contributed by atoms with Gasteiger partial charge in [0.1, 0.15) is 0 Å². The van der Waals surface area contributed by atoms with Crippen LogP contribution >= 0.6 is 11.6 Å². The lowest BCUT2D eigenvalue weighted by atomic mass is 10.1. The normalized spacial score (nSPS) is 20.3. The van der Waals surface area contributed by atoms with Crippen molar-refractivity contribution in [2.24, 2.45) is 11.7 Å². The number of halogens is 1. The number of nitrogens with two attached hydrogens (primary N) is 1. The zero-order valence-corrected chi connectivity index (χ0v) is 13.9. The van der Waals surface area contributed by atoms with Crippen LogP contribution in [0.3, 0.4) is 0 Å². The summed E-state index contributed by atoms with van der Waals surface area (Å²) in [5, 5.41) is 5.83. The first-order valence-electron chi connectivity index (χ1n) is 7.64. The number of hydrogen-bond donors (Lipinski definition) is 3. The minimum atomic E-state index is -0.272. The standard InChI is InChI=1S/C16H22ClN3O3/c1-23-7-6-19-16(22)13-5-4-12(9-14(13)17)20-15(21)10-2-3-11(18)8-10/h4-5,9-11H,2-3,6-8,18H2,1H3,(H,19,22)(H,20,21). The molecule has 1 aromatic carbocycles. The Balaban J connectivity index is 1.96. The van der Waals surface area contributed by atoms with Crippen LogP contribution in [0.5, 0.6) is 0 Å². The van der Waals surface area contributed by atoms with Gasteiger partial charge in [0.15, 0.2) is 0 Å². The summed E-state index contributed by atoms with van der Waals surface area (Å²) >= 11 is 6.14. The summed E-state index contributed by atoms with van der Waals surface area (Å²) in [7, 11) is 1.56. The lowest BCUT2D eigenvalue weighted by Gasteiger charge is -2.12. The Labute approximate surface area is 140 Å². The molecule has 0 bridgehead atoms. The van der Waals surface area contributed by atoms with E-state index in [-0.39, 0.29) is 23.8 Å². The molecule has 2 amide bonds. The average molecular weight is 340 g/mol. The van der Waals surface area contributed by atoms with Gasteiger partial charge in [-0.3, -0.25) is 9.59 Å². The van der Waals surface area contributed by atoms with Crippen molar-refractivity contribution in [2.75, 3.05) is 25.6 Å². The van der Waals surface area contributed by atoms with Gasteiger partial charge in [0.2, 0.25) is 5.91 Å². The zero-order valence-electron chi connectivity index (χ0n) is 13.1. The monoisotopic (exact) mass is 339 g/mol. The molecule has 2 atom stereocenters. The van der Waals surface area contributed by atoms with E-state index in [9.17, 15) is 9.59 Å². The highest BCUT2D eigenvalue weighted by Crippen LogP contribution is 2.26. The highest BCUT2D eigenvalue weighted by molar-refractivity contribution is 6.34. The van der Waals surface area contributed by atoms with Crippen LogP contribution in [0.2, 0.25) is 5.02 Å². The fourth-order valence-electron chi connectivity index (χ4n) is 2.64. The lowest BCUT2D eigenvalue weighted by Crippen LogP contribution is -2.27. The van der Waals surface area contributed by atoms with Crippen LogP contribution in [0.15, 0.2) is 18.2 Å². The molecule has 6 nitrogen and oxygen atoms in total. The quantitative estimate of drug-likeness (QED) is 0.689. The molecule has 0 heterocycles. The Bertz CT molecular complexity index is 580.